The number of carbonyl (C=O) groups excluding carboxylic acids is 2. The van der Waals surface area contributed by atoms with E-state index in [9.17, 15) is 9.59 Å². The maximum Gasteiger partial charge on any atom is 0.279 e. The average Bonchev–Trinajstić information content (AvgIpc) is 2.63. The number of halogens is 1. The van der Waals surface area contributed by atoms with Crippen molar-refractivity contribution < 1.29 is 19.1 Å². The molecular formula is C20H23ClN2O4. The van der Waals surface area contributed by atoms with Gasteiger partial charge in [-0.05, 0) is 62.6 Å². The summed E-state index contributed by atoms with van der Waals surface area (Å²) in [6.07, 6.45) is -0.773. The summed E-state index contributed by atoms with van der Waals surface area (Å²) in [4.78, 5) is 24.0. The first-order valence-corrected chi connectivity index (χ1v) is 8.86. The fourth-order valence-electron chi connectivity index (χ4n) is 2.34. The number of aryl methyl sites for hydroxylation is 3. The van der Waals surface area contributed by atoms with Crippen LogP contribution in [-0.4, -0.2) is 24.5 Å². The van der Waals surface area contributed by atoms with Crippen molar-refractivity contribution in [3.8, 4) is 11.5 Å². The topological polar surface area (TPSA) is 76.7 Å². The molecule has 0 saturated carbocycles. The average molecular weight is 391 g/mol. The number of ether oxygens (including phenoxy) is 2. The van der Waals surface area contributed by atoms with Gasteiger partial charge in [-0.1, -0.05) is 29.8 Å². The van der Waals surface area contributed by atoms with Crippen LogP contribution >= 0.6 is 11.6 Å². The molecular weight excluding hydrogens is 368 g/mol. The minimum Gasteiger partial charge on any atom is -0.484 e. The van der Waals surface area contributed by atoms with Crippen molar-refractivity contribution in [3.05, 3.63) is 58.1 Å². The Hall–Kier alpha value is -2.73. The Balaban J connectivity index is 1.80. The summed E-state index contributed by atoms with van der Waals surface area (Å²) in [5.41, 5.74) is 7.36. The summed E-state index contributed by atoms with van der Waals surface area (Å²) in [6.45, 7) is 7.02. The highest BCUT2D eigenvalue weighted by Gasteiger charge is 2.17. The monoisotopic (exact) mass is 390 g/mol. The molecule has 0 saturated heterocycles. The second-order valence-electron chi connectivity index (χ2n) is 6.22. The number of hydrogen-bond acceptors (Lipinski definition) is 4. The van der Waals surface area contributed by atoms with Crippen molar-refractivity contribution in [2.75, 3.05) is 6.61 Å². The second-order valence-corrected chi connectivity index (χ2v) is 6.63. The molecule has 2 N–H and O–H groups in total. The molecule has 0 aromatic heterocycles. The molecule has 7 heteroatoms. The van der Waals surface area contributed by atoms with E-state index < -0.39 is 17.9 Å². The zero-order valence-electron chi connectivity index (χ0n) is 15.8. The maximum absolute atomic E-state index is 12.1. The van der Waals surface area contributed by atoms with E-state index in [0.29, 0.717) is 16.5 Å². The Morgan fingerprint density at radius 2 is 1.70 bits per heavy atom. The standard InChI is InChI=1S/C20H23ClN2O4/c1-12-6-5-7-13(2)19(12)27-15(4)20(25)23-22-18(24)11-26-16-8-9-17(21)14(3)10-16/h5-10,15H,11H2,1-4H3,(H,22,24)(H,23,25). The number of rotatable bonds is 6. The molecule has 2 aromatic rings. The smallest absolute Gasteiger partial charge is 0.279 e. The third-order valence-electron chi connectivity index (χ3n) is 3.90. The molecule has 0 aliphatic rings. The summed E-state index contributed by atoms with van der Waals surface area (Å²) in [7, 11) is 0. The lowest BCUT2D eigenvalue weighted by molar-refractivity contribution is -0.133. The van der Waals surface area contributed by atoms with Gasteiger partial charge in [0.25, 0.3) is 11.8 Å². The van der Waals surface area contributed by atoms with Crippen LogP contribution in [0.2, 0.25) is 5.02 Å². The van der Waals surface area contributed by atoms with Crippen LogP contribution < -0.4 is 20.3 Å². The fraction of sp³-hybridized carbons (Fsp3) is 0.300. The SMILES string of the molecule is Cc1cc(OCC(=O)NNC(=O)C(C)Oc2c(C)cccc2C)ccc1Cl. The van der Waals surface area contributed by atoms with Crippen molar-refractivity contribution in [1.82, 2.24) is 10.9 Å². The van der Waals surface area contributed by atoms with Gasteiger partial charge in [0.15, 0.2) is 12.7 Å². The summed E-state index contributed by atoms with van der Waals surface area (Å²) in [5, 5.41) is 0.622. The zero-order chi connectivity index (χ0) is 20.0. The normalized spacial score (nSPS) is 11.4. The Labute approximate surface area is 163 Å². The Bertz CT molecular complexity index is 818. The highest BCUT2D eigenvalue weighted by Crippen LogP contribution is 2.23. The van der Waals surface area contributed by atoms with E-state index in [0.717, 1.165) is 16.7 Å². The third kappa shape index (κ3) is 5.89. The number of benzene rings is 2. The minimum absolute atomic E-state index is 0.243. The van der Waals surface area contributed by atoms with E-state index >= 15 is 0 Å². The van der Waals surface area contributed by atoms with Crippen molar-refractivity contribution in [2.24, 2.45) is 0 Å². The van der Waals surface area contributed by atoms with Crippen LogP contribution in [0.1, 0.15) is 23.6 Å². The predicted molar refractivity (Wildman–Crippen MR) is 104 cm³/mol. The molecule has 0 spiro atoms. The Kier molecular flexibility index (Phi) is 7.07. The fourth-order valence-corrected chi connectivity index (χ4v) is 2.46. The molecule has 0 bridgehead atoms. The van der Waals surface area contributed by atoms with Gasteiger partial charge in [-0.3, -0.25) is 20.4 Å². The highest BCUT2D eigenvalue weighted by atomic mass is 35.5. The molecule has 1 atom stereocenters. The molecule has 2 amide bonds. The molecule has 0 heterocycles. The van der Waals surface area contributed by atoms with Crippen LogP contribution in [0.15, 0.2) is 36.4 Å². The molecule has 2 rings (SSSR count). The first-order chi connectivity index (χ1) is 12.8. The van der Waals surface area contributed by atoms with Crippen LogP contribution in [0, 0.1) is 20.8 Å². The van der Waals surface area contributed by atoms with Gasteiger partial charge in [0.2, 0.25) is 0 Å². The summed E-state index contributed by atoms with van der Waals surface area (Å²) < 4.78 is 11.1. The molecule has 0 radical (unpaired) electrons. The van der Waals surface area contributed by atoms with Gasteiger partial charge in [-0.15, -0.1) is 0 Å². The molecule has 2 aromatic carbocycles. The van der Waals surface area contributed by atoms with Crippen molar-refractivity contribution in [1.29, 1.82) is 0 Å². The van der Waals surface area contributed by atoms with Gasteiger partial charge in [0.1, 0.15) is 11.5 Å². The van der Waals surface area contributed by atoms with E-state index in [4.69, 9.17) is 21.1 Å². The van der Waals surface area contributed by atoms with E-state index in [1.54, 1.807) is 25.1 Å². The van der Waals surface area contributed by atoms with Gasteiger partial charge in [0.05, 0.1) is 0 Å². The first kappa shape index (κ1) is 20.6. The number of hydrazine groups is 1. The molecule has 0 aliphatic heterocycles. The number of amides is 2. The summed E-state index contributed by atoms with van der Waals surface area (Å²) in [5.74, 6) is 0.224. The number of carbonyl (C=O) groups is 2. The maximum atomic E-state index is 12.1. The molecule has 144 valence electrons. The first-order valence-electron chi connectivity index (χ1n) is 8.48. The van der Waals surface area contributed by atoms with Gasteiger partial charge in [0, 0.05) is 5.02 Å². The lowest BCUT2D eigenvalue weighted by Crippen LogP contribution is -2.48. The second kappa shape index (κ2) is 9.28. The minimum atomic E-state index is -0.773. The number of nitrogens with one attached hydrogen (secondary N) is 2. The molecule has 1 unspecified atom stereocenters. The quantitative estimate of drug-likeness (QED) is 0.742. The zero-order valence-corrected chi connectivity index (χ0v) is 16.5. The van der Waals surface area contributed by atoms with Crippen LogP contribution in [0.4, 0.5) is 0 Å². The van der Waals surface area contributed by atoms with Crippen molar-refractivity contribution >= 4 is 23.4 Å². The van der Waals surface area contributed by atoms with Crippen LogP contribution in [0.5, 0.6) is 11.5 Å². The van der Waals surface area contributed by atoms with Crippen LogP contribution in [0.25, 0.3) is 0 Å². The van der Waals surface area contributed by atoms with Crippen molar-refractivity contribution in [2.45, 2.75) is 33.8 Å². The summed E-state index contributed by atoms with van der Waals surface area (Å²) in [6, 6.07) is 10.8. The van der Waals surface area contributed by atoms with E-state index in [2.05, 4.69) is 10.9 Å². The van der Waals surface area contributed by atoms with Crippen molar-refractivity contribution in [3.63, 3.8) is 0 Å². The summed E-state index contributed by atoms with van der Waals surface area (Å²) >= 11 is 5.94. The van der Waals surface area contributed by atoms with Gasteiger partial charge >= 0.3 is 0 Å². The molecule has 27 heavy (non-hydrogen) atoms. The van der Waals surface area contributed by atoms with Gasteiger partial charge in [-0.2, -0.15) is 0 Å². The van der Waals surface area contributed by atoms with E-state index in [1.807, 2.05) is 39.0 Å². The molecule has 0 aliphatic carbocycles. The third-order valence-corrected chi connectivity index (χ3v) is 4.32. The van der Waals surface area contributed by atoms with Gasteiger partial charge < -0.3 is 9.47 Å². The molecule has 6 nitrogen and oxygen atoms in total. The van der Waals surface area contributed by atoms with Crippen LogP contribution in [0.3, 0.4) is 0 Å². The lowest BCUT2D eigenvalue weighted by atomic mass is 10.1. The van der Waals surface area contributed by atoms with E-state index in [-0.39, 0.29) is 6.61 Å². The Morgan fingerprint density at radius 3 is 2.33 bits per heavy atom. The largest absolute Gasteiger partial charge is 0.484 e. The van der Waals surface area contributed by atoms with Crippen LogP contribution in [-0.2, 0) is 9.59 Å². The van der Waals surface area contributed by atoms with Gasteiger partial charge in [-0.25, -0.2) is 0 Å². The predicted octanol–water partition coefficient (Wildman–Crippen LogP) is 3.26. The van der Waals surface area contributed by atoms with E-state index in [1.165, 1.54) is 0 Å². The number of para-hydroxylation sites is 1. The Morgan fingerprint density at radius 1 is 1.04 bits per heavy atom. The molecule has 0 fully saturated rings. The highest BCUT2D eigenvalue weighted by molar-refractivity contribution is 6.31. The number of hydrogen-bond donors (Lipinski definition) is 2. The lowest BCUT2D eigenvalue weighted by Gasteiger charge is -2.18.